The van der Waals surface area contributed by atoms with Crippen molar-refractivity contribution in [1.29, 1.82) is 0 Å². The summed E-state index contributed by atoms with van der Waals surface area (Å²) in [5, 5.41) is 0. The average molecular weight is 272 g/mol. The topological polar surface area (TPSA) is 46.3 Å². The molecule has 0 aliphatic heterocycles. The van der Waals surface area contributed by atoms with Crippen molar-refractivity contribution in [3.63, 3.8) is 0 Å². The Labute approximate surface area is 109 Å². The van der Waals surface area contributed by atoms with Crippen molar-refractivity contribution in [1.82, 2.24) is 4.90 Å². The van der Waals surface area contributed by atoms with Crippen molar-refractivity contribution in [3.8, 4) is 0 Å². The Hall–Kier alpha value is -1.56. The molecule has 19 heavy (non-hydrogen) atoms. The molecule has 0 saturated heterocycles. The number of halogens is 3. The molecule has 3 nitrogen and oxygen atoms in total. The molecule has 0 unspecified atom stereocenters. The number of rotatable bonds is 4. The molecule has 1 aromatic carbocycles. The van der Waals surface area contributed by atoms with Crippen LogP contribution in [-0.4, -0.2) is 29.1 Å². The minimum Gasteiger partial charge on any atom is -0.328 e. The molecule has 6 heteroatoms. The maximum Gasteiger partial charge on any atom is 0.406 e. The third-order valence-corrected chi connectivity index (χ3v) is 3.09. The summed E-state index contributed by atoms with van der Waals surface area (Å²) in [4.78, 5) is 12.8. The second-order valence-electron chi connectivity index (χ2n) is 4.92. The van der Waals surface area contributed by atoms with Gasteiger partial charge in [-0.25, -0.2) is 0 Å². The fourth-order valence-corrected chi connectivity index (χ4v) is 1.88. The maximum atomic E-state index is 12.5. The molecular weight excluding hydrogens is 257 g/mol. The van der Waals surface area contributed by atoms with E-state index in [-0.39, 0.29) is 6.54 Å². The van der Waals surface area contributed by atoms with Gasteiger partial charge in [0.05, 0.1) is 5.54 Å². The first-order valence-electron chi connectivity index (χ1n) is 5.99. The first-order valence-corrected chi connectivity index (χ1v) is 5.99. The largest absolute Gasteiger partial charge is 0.406 e. The van der Waals surface area contributed by atoms with Gasteiger partial charge in [0, 0.05) is 6.54 Å². The van der Waals surface area contributed by atoms with Gasteiger partial charge in [-0.15, -0.1) is 0 Å². The van der Waals surface area contributed by atoms with Gasteiger partial charge in [0.15, 0.2) is 0 Å². The van der Waals surface area contributed by atoms with E-state index in [0.717, 1.165) is 4.90 Å². The molecule has 0 aromatic heterocycles. The lowest BCUT2D eigenvalue weighted by Crippen LogP contribution is -2.48. The van der Waals surface area contributed by atoms with Crippen LogP contribution in [0.4, 0.5) is 13.2 Å². The van der Waals surface area contributed by atoms with E-state index in [0.29, 0.717) is 18.4 Å². The Balaban J connectivity index is 2.12. The van der Waals surface area contributed by atoms with Crippen LogP contribution in [0, 0.1) is 0 Å². The predicted molar refractivity (Wildman–Crippen MR) is 64.1 cm³/mol. The highest BCUT2D eigenvalue weighted by atomic mass is 19.4. The molecule has 0 atom stereocenters. The lowest BCUT2D eigenvalue weighted by molar-refractivity contribution is -0.163. The molecule has 0 radical (unpaired) electrons. The highest BCUT2D eigenvalue weighted by Gasteiger charge is 2.49. The number of carbonyl (C=O) groups is 1. The van der Waals surface area contributed by atoms with Crippen LogP contribution in [0.2, 0.25) is 0 Å². The fraction of sp³-hybridized carbons (Fsp3) is 0.462. The number of carbonyl (C=O) groups excluding carboxylic acids is 1. The standard InChI is InChI=1S/C13H15F3N2O/c14-13(15,16)9-18(11(19)12(17)6-7-12)8-10-4-2-1-3-5-10/h1-5H,6-9,17H2. The molecule has 0 spiro atoms. The molecule has 1 aromatic rings. The van der Waals surface area contributed by atoms with Gasteiger partial charge in [0.25, 0.3) is 0 Å². The van der Waals surface area contributed by atoms with Crippen LogP contribution in [-0.2, 0) is 11.3 Å². The predicted octanol–water partition coefficient (Wildman–Crippen LogP) is 2.07. The maximum absolute atomic E-state index is 12.5. The highest BCUT2D eigenvalue weighted by Crippen LogP contribution is 2.35. The number of hydrogen-bond acceptors (Lipinski definition) is 2. The number of benzene rings is 1. The number of nitrogens with zero attached hydrogens (tertiary/aromatic N) is 1. The zero-order valence-electron chi connectivity index (χ0n) is 10.3. The van der Waals surface area contributed by atoms with Gasteiger partial charge in [-0.3, -0.25) is 4.79 Å². The zero-order valence-corrected chi connectivity index (χ0v) is 10.3. The van der Waals surface area contributed by atoms with Crippen molar-refractivity contribution in [2.45, 2.75) is 31.1 Å². The van der Waals surface area contributed by atoms with Crippen molar-refractivity contribution in [3.05, 3.63) is 35.9 Å². The zero-order chi connectivity index (χ0) is 14.1. The smallest absolute Gasteiger partial charge is 0.328 e. The van der Waals surface area contributed by atoms with Gasteiger partial charge in [0.1, 0.15) is 6.54 Å². The summed E-state index contributed by atoms with van der Waals surface area (Å²) in [7, 11) is 0. The quantitative estimate of drug-likeness (QED) is 0.912. The SMILES string of the molecule is NC1(C(=O)N(Cc2ccccc2)CC(F)(F)F)CC1. The molecule has 2 rings (SSSR count). The van der Waals surface area contributed by atoms with Gasteiger partial charge in [-0.05, 0) is 18.4 Å². The molecule has 0 heterocycles. The van der Waals surface area contributed by atoms with Gasteiger partial charge in [-0.2, -0.15) is 13.2 Å². The Bertz CT molecular complexity index is 455. The molecule has 1 aliphatic rings. The van der Waals surface area contributed by atoms with Gasteiger partial charge < -0.3 is 10.6 Å². The lowest BCUT2D eigenvalue weighted by atomic mass is 10.1. The van der Waals surface area contributed by atoms with Crippen LogP contribution in [0.1, 0.15) is 18.4 Å². The molecule has 1 saturated carbocycles. The average Bonchev–Trinajstić information content (AvgIpc) is 3.06. The van der Waals surface area contributed by atoms with Crippen LogP contribution in [0.25, 0.3) is 0 Å². The lowest BCUT2D eigenvalue weighted by Gasteiger charge is -2.26. The first kappa shape index (κ1) is 13.9. The van der Waals surface area contributed by atoms with Crippen molar-refractivity contribution in [2.24, 2.45) is 5.73 Å². The summed E-state index contributed by atoms with van der Waals surface area (Å²) < 4.78 is 37.6. The van der Waals surface area contributed by atoms with Crippen molar-refractivity contribution in [2.75, 3.05) is 6.54 Å². The number of alkyl halides is 3. The summed E-state index contributed by atoms with van der Waals surface area (Å²) in [6.07, 6.45) is -3.51. The minimum absolute atomic E-state index is 0.0713. The summed E-state index contributed by atoms with van der Waals surface area (Å²) in [6, 6.07) is 8.59. The summed E-state index contributed by atoms with van der Waals surface area (Å²) in [5.41, 5.74) is 5.28. The summed E-state index contributed by atoms with van der Waals surface area (Å²) in [5.74, 6) is -0.617. The molecule has 1 amide bonds. The van der Waals surface area contributed by atoms with Gasteiger partial charge in [0.2, 0.25) is 5.91 Å². The van der Waals surface area contributed by atoms with Crippen LogP contribution in [0.5, 0.6) is 0 Å². The van der Waals surface area contributed by atoms with E-state index in [2.05, 4.69) is 0 Å². The van der Waals surface area contributed by atoms with Crippen LogP contribution in [0.15, 0.2) is 30.3 Å². The minimum atomic E-state index is -4.42. The van der Waals surface area contributed by atoms with Gasteiger partial charge >= 0.3 is 6.18 Å². The van der Waals surface area contributed by atoms with E-state index in [9.17, 15) is 18.0 Å². The van der Waals surface area contributed by atoms with E-state index in [1.54, 1.807) is 30.3 Å². The third-order valence-electron chi connectivity index (χ3n) is 3.09. The normalized spacial score (nSPS) is 17.1. The van der Waals surface area contributed by atoms with Crippen molar-refractivity contribution < 1.29 is 18.0 Å². The Morgan fingerprint density at radius 3 is 2.32 bits per heavy atom. The summed E-state index contributed by atoms with van der Waals surface area (Å²) in [6.45, 7) is -1.34. The number of hydrogen-bond donors (Lipinski definition) is 1. The number of amides is 1. The molecule has 1 aliphatic carbocycles. The number of nitrogens with two attached hydrogens (primary N) is 1. The first-order chi connectivity index (χ1) is 8.80. The highest BCUT2D eigenvalue weighted by molar-refractivity contribution is 5.89. The second kappa shape index (κ2) is 4.85. The Morgan fingerprint density at radius 2 is 1.84 bits per heavy atom. The monoisotopic (exact) mass is 272 g/mol. The van der Waals surface area contributed by atoms with Crippen LogP contribution >= 0.6 is 0 Å². The fourth-order valence-electron chi connectivity index (χ4n) is 1.88. The Morgan fingerprint density at radius 1 is 1.26 bits per heavy atom. The second-order valence-corrected chi connectivity index (χ2v) is 4.92. The molecule has 0 bridgehead atoms. The van der Waals surface area contributed by atoms with Crippen molar-refractivity contribution >= 4 is 5.91 Å². The van der Waals surface area contributed by atoms with Crippen LogP contribution < -0.4 is 5.73 Å². The van der Waals surface area contributed by atoms with E-state index in [1.165, 1.54) is 0 Å². The molecular formula is C13H15F3N2O. The molecule has 2 N–H and O–H groups in total. The molecule has 104 valence electrons. The summed E-state index contributed by atoms with van der Waals surface area (Å²) >= 11 is 0. The van der Waals surface area contributed by atoms with E-state index < -0.39 is 24.2 Å². The van der Waals surface area contributed by atoms with Gasteiger partial charge in [-0.1, -0.05) is 30.3 Å². The third kappa shape index (κ3) is 3.70. The van der Waals surface area contributed by atoms with E-state index >= 15 is 0 Å². The van der Waals surface area contributed by atoms with E-state index in [4.69, 9.17) is 5.73 Å². The molecule has 1 fully saturated rings. The van der Waals surface area contributed by atoms with E-state index in [1.807, 2.05) is 0 Å². The van der Waals surface area contributed by atoms with Crippen LogP contribution in [0.3, 0.4) is 0 Å². The Kier molecular flexibility index (Phi) is 3.54.